The molecule has 0 spiro atoms. The van der Waals surface area contributed by atoms with Gasteiger partial charge >= 0.3 is 0 Å². The zero-order valence-electron chi connectivity index (χ0n) is 11.9. The molecule has 0 saturated carbocycles. The van der Waals surface area contributed by atoms with Crippen molar-refractivity contribution in [1.29, 1.82) is 0 Å². The average Bonchev–Trinajstić information content (AvgIpc) is 2.32. The van der Waals surface area contributed by atoms with Crippen LogP contribution in [0.5, 0.6) is 0 Å². The van der Waals surface area contributed by atoms with Crippen molar-refractivity contribution in [3.8, 4) is 0 Å². The molecule has 0 bridgehead atoms. The third-order valence-corrected chi connectivity index (χ3v) is 3.43. The van der Waals surface area contributed by atoms with E-state index in [-0.39, 0.29) is 0 Å². The molecule has 0 fully saturated rings. The first-order valence-electron chi connectivity index (χ1n) is 7.55. The molecule has 16 heavy (non-hydrogen) atoms. The molecule has 0 aromatic carbocycles. The summed E-state index contributed by atoms with van der Waals surface area (Å²) in [4.78, 5) is 0. The van der Waals surface area contributed by atoms with Crippen LogP contribution in [-0.2, 0) is 0 Å². The molecule has 0 aromatic heterocycles. The Morgan fingerprint density at radius 2 is 1.50 bits per heavy atom. The van der Waals surface area contributed by atoms with Gasteiger partial charge in [-0.3, -0.25) is 0 Å². The van der Waals surface area contributed by atoms with Crippen LogP contribution in [0.3, 0.4) is 0 Å². The topological polar surface area (TPSA) is 12.0 Å². The molecule has 98 valence electrons. The molecule has 0 aliphatic rings. The van der Waals surface area contributed by atoms with E-state index in [1.165, 1.54) is 70.9 Å². The van der Waals surface area contributed by atoms with E-state index in [9.17, 15) is 0 Å². The van der Waals surface area contributed by atoms with E-state index in [0.29, 0.717) is 0 Å². The van der Waals surface area contributed by atoms with Gasteiger partial charge in [-0.05, 0) is 31.8 Å². The SMILES string of the molecule is CCCCCCCNCC(CC)CCCC. The van der Waals surface area contributed by atoms with Crippen molar-refractivity contribution in [2.75, 3.05) is 13.1 Å². The van der Waals surface area contributed by atoms with Gasteiger partial charge in [0.05, 0.1) is 0 Å². The van der Waals surface area contributed by atoms with Crippen molar-refractivity contribution in [3.05, 3.63) is 0 Å². The van der Waals surface area contributed by atoms with Gasteiger partial charge in [0.1, 0.15) is 0 Å². The van der Waals surface area contributed by atoms with E-state index in [0.717, 1.165) is 5.92 Å². The highest BCUT2D eigenvalue weighted by Gasteiger charge is 2.04. The third kappa shape index (κ3) is 10.5. The van der Waals surface area contributed by atoms with E-state index >= 15 is 0 Å². The maximum absolute atomic E-state index is 3.62. The number of nitrogens with one attached hydrogen (secondary N) is 1. The van der Waals surface area contributed by atoms with Gasteiger partial charge in [-0.25, -0.2) is 0 Å². The fraction of sp³-hybridized carbons (Fsp3) is 1.00. The van der Waals surface area contributed by atoms with Gasteiger partial charge in [0.2, 0.25) is 0 Å². The standard InChI is InChI=1S/C15H33N/c1-4-7-9-10-11-13-16-14-15(6-3)12-8-5-2/h15-16H,4-14H2,1-3H3. The molecule has 0 amide bonds. The first kappa shape index (κ1) is 16.0. The Kier molecular flexibility index (Phi) is 13.0. The molecule has 1 atom stereocenters. The van der Waals surface area contributed by atoms with Gasteiger partial charge in [0.15, 0.2) is 0 Å². The summed E-state index contributed by atoms with van der Waals surface area (Å²) in [5, 5.41) is 3.62. The second-order valence-electron chi connectivity index (χ2n) is 5.03. The summed E-state index contributed by atoms with van der Waals surface area (Å²) in [5.74, 6) is 0.913. The van der Waals surface area contributed by atoms with Gasteiger partial charge in [-0.2, -0.15) is 0 Å². The van der Waals surface area contributed by atoms with E-state index in [1.807, 2.05) is 0 Å². The van der Waals surface area contributed by atoms with Crippen molar-refractivity contribution in [2.45, 2.75) is 78.6 Å². The Balaban J connectivity index is 3.20. The molecule has 0 rings (SSSR count). The Bertz CT molecular complexity index is 123. The number of unbranched alkanes of at least 4 members (excludes halogenated alkanes) is 5. The second-order valence-corrected chi connectivity index (χ2v) is 5.03. The molecular weight excluding hydrogens is 194 g/mol. The molecule has 1 unspecified atom stereocenters. The molecular formula is C15H33N. The summed E-state index contributed by atoms with van der Waals surface area (Å²) >= 11 is 0. The second kappa shape index (κ2) is 13.0. The number of rotatable bonds is 12. The molecule has 1 N–H and O–H groups in total. The minimum atomic E-state index is 0.913. The Morgan fingerprint density at radius 1 is 0.812 bits per heavy atom. The fourth-order valence-electron chi connectivity index (χ4n) is 2.10. The van der Waals surface area contributed by atoms with Crippen LogP contribution in [-0.4, -0.2) is 13.1 Å². The van der Waals surface area contributed by atoms with Gasteiger partial charge in [0, 0.05) is 0 Å². The van der Waals surface area contributed by atoms with E-state index in [4.69, 9.17) is 0 Å². The van der Waals surface area contributed by atoms with Crippen molar-refractivity contribution < 1.29 is 0 Å². The summed E-state index contributed by atoms with van der Waals surface area (Å²) in [6.45, 7) is 9.35. The van der Waals surface area contributed by atoms with Crippen LogP contribution in [0, 0.1) is 5.92 Å². The average molecular weight is 227 g/mol. The smallest absolute Gasteiger partial charge is 0.00206 e. The Labute approximate surface area is 103 Å². The summed E-state index contributed by atoms with van der Waals surface area (Å²) in [6, 6.07) is 0. The summed E-state index contributed by atoms with van der Waals surface area (Å²) in [7, 11) is 0. The minimum Gasteiger partial charge on any atom is -0.316 e. The predicted molar refractivity (Wildman–Crippen MR) is 74.9 cm³/mol. The van der Waals surface area contributed by atoms with E-state index in [2.05, 4.69) is 26.1 Å². The molecule has 0 saturated heterocycles. The quantitative estimate of drug-likeness (QED) is 0.474. The highest BCUT2D eigenvalue weighted by Crippen LogP contribution is 2.11. The lowest BCUT2D eigenvalue weighted by Gasteiger charge is -2.15. The fourth-order valence-corrected chi connectivity index (χ4v) is 2.10. The minimum absolute atomic E-state index is 0.913. The van der Waals surface area contributed by atoms with Crippen LogP contribution >= 0.6 is 0 Å². The summed E-state index contributed by atoms with van der Waals surface area (Å²) in [5.41, 5.74) is 0. The predicted octanol–water partition coefficient (Wildman–Crippen LogP) is 4.76. The lowest BCUT2D eigenvalue weighted by Crippen LogP contribution is -2.23. The Hall–Kier alpha value is -0.0400. The first-order chi connectivity index (χ1) is 7.85. The first-order valence-corrected chi connectivity index (χ1v) is 7.55. The van der Waals surface area contributed by atoms with Crippen molar-refractivity contribution in [1.82, 2.24) is 5.32 Å². The van der Waals surface area contributed by atoms with E-state index in [1.54, 1.807) is 0 Å². The van der Waals surface area contributed by atoms with Gasteiger partial charge in [0.25, 0.3) is 0 Å². The lowest BCUT2D eigenvalue weighted by molar-refractivity contribution is 0.416. The van der Waals surface area contributed by atoms with Gasteiger partial charge in [-0.15, -0.1) is 0 Å². The zero-order valence-corrected chi connectivity index (χ0v) is 11.9. The molecule has 0 heterocycles. The highest BCUT2D eigenvalue weighted by molar-refractivity contribution is 4.61. The van der Waals surface area contributed by atoms with Crippen LogP contribution in [0.2, 0.25) is 0 Å². The molecule has 1 heteroatoms. The maximum Gasteiger partial charge on any atom is -0.00206 e. The molecule has 0 aliphatic carbocycles. The number of hydrogen-bond acceptors (Lipinski definition) is 1. The third-order valence-electron chi connectivity index (χ3n) is 3.43. The van der Waals surface area contributed by atoms with Crippen LogP contribution in [0.25, 0.3) is 0 Å². The molecule has 0 aromatic rings. The van der Waals surface area contributed by atoms with Crippen LogP contribution in [0.1, 0.15) is 78.6 Å². The summed E-state index contributed by atoms with van der Waals surface area (Å²) in [6.07, 6.45) is 12.4. The highest BCUT2D eigenvalue weighted by atomic mass is 14.8. The molecule has 0 radical (unpaired) electrons. The zero-order chi connectivity index (χ0) is 12.1. The Morgan fingerprint density at radius 3 is 2.12 bits per heavy atom. The van der Waals surface area contributed by atoms with Gasteiger partial charge < -0.3 is 5.32 Å². The van der Waals surface area contributed by atoms with Crippen molar-refractivity contribution >= 4 is 0 Å². The van der Waals surface area contributed by atoms with Gasteiger partial charge in [-0.1, -0.05) is 65.7 Å². The molecule has 1 nitrogen and oxygen atoms in total. The van der Waals surface area contributed by atoms with Crippen molar-refractivity contribution in [3.63, 3.8) is 0 Å². The van der Waals surface area contributed by atoms with Crippen LogP contribution in [0.4, 0.5) is 0 Å². The monoisotopic (exact) mass is 227 g/mol. The van der Waals surface area contributed by atoms with Crippen LogP contribution < -0.4 is 5.32 Å². The largest absolute Gasteiger partial charge is 0.316 e. The maximum atomic E-state index is 3.62. The molecule has 0 aliphatic heterocycles. The van der Waals surface area contributed by atoms with E-state index < -0.39 is 0 Å². The van der Waals surface area contributed by atoms with Crippen molar-refractivity contribution in [2.24, 2.45) is 5.92 Å². The van der Waals surface area contributed by atoms with Crippen LogP contribution in [0.15, 0.2) is 0 Å². The number of hydrogen-bond donors (Lipinski definition) is 1. The normalized spacial score (nSPS) is 12.9. The summed E-state index contributed by atoms with van der Waals surface area (Å²) < 4.78 is 0. The lowest BCUT2D eigenvalue weighted by atomic mass is 9.99.